The second-order valence-corrected chi connectivity index (χ2v) is 5.17. The molecule has 0 aromatic heterocycles. The Balaban J connectivity index is 1.87. The van der Waals surface area contributed by atoms with Crippen LogP contribution < -0.4 is 5.43 Å². The molecule has 24 heavy (non-hydrogen) atoms. The maximum absolute atomic E-state index is 11.7. The molecule has 0 heterocycles. The van der Waals surface area contributed by atoms with Crippen molar-refractivity contribution in [1.82, 2.24) is 5.43 Å². The maximum Gasteiger partial charge on any atom is 0.337 e. The lowest BCUT2D eigenvalue weighted by atomic mass is 10.1. The SMILES string of the molecule is COC(=O)c1ccc(/C=N\NC(=O)/C=C/c2ccc(Cl)cc2)cc1. The quantitative estimate of drug-likeness (QED) is 0.392. The van der Waals surface area contributed by atoms with Gasteiger partial charge < -0.3 is 4.74 Å². The lowest BCUT2D eigenvalue weighted by molar-refractivity contribution is -0.116. The summed E-state index contributed by atoms with van der Waals surface area (Å²) < 4.78 is 4.61. The summed E-state index contributed by atoms with van der Waals surface area (Å²) in [7, 11) is 1.32. The zero-order chi connectivity index (χ0) is 17.4. The van der Waals surface area contributed by atoms with Crippen molar-refractivity contribution in [2.75, 3.05) is 7.11 Å². The van der Waals surface area contributed by atoms with Crippen LogP contribution in [0.25, 0.3) is 6.08 Å². The van der Waals surface area contributed by atoms with Gasteiger partial charge in [0.25, 0.3) is 5.91 Å². The fourth-order valence-electron chi connectivity index (χ4n) is 1.78. The predicted molar refractivity (Wildman–Crippen MR) is 94.0 cm³/mol. The molecule has 5 nitrogen and oxygen atoms in total. The van der Waals surface area contributed by atoms with Crippen LogP contribution in [0.5, 0.6) is 0 Å². The summed E-state index contributed by atoms with van der Waals surface area (Å²) in [6.45, 7) is 0. The van der Waals surface area contributed by atoms with E-state index in [0.29, 0.717) is 10.6 Å². The number of benzene rings is 2. The van der Waals surface area contributed by atoms with E-state index in [9.17, 15) is 9.59 Å². The largest absolute Gasteiger partial charge is 0.465 e. The van der Waals surface area contributed by atoms with Crippen molar-refractivity contribution in [2.45, 2.75) is 0 Å². The maximum atomic E-state index is 11.7. The third kappa shape index (κ3) is 5.37. The van der Waals surface area contributed by atoms with Crippen LogP contribution in [0.15, 0.2) is 59.7 Å². The number of esters is 1. The molecule has 0 aliphatic heterocycles. The Morgan fingerprint density at radius 2 is 1.67 bits per heavy atom. The standard InChI is InChI=1S/C18H15ClN2O3/c1-24-18(23)15-7-2-14(3-8-15)12-20-21-17(22)11-6-13-4-9-16(19)10-5-13/h2-12H,1H3,(H,21,22)/b11-6+,20-12-. The van der Waals surface area contributed by atoms with Crippen molar-refractivity contribution in [3.63, 3.8) is 0 Å². The molecule has 0 spiro atoms. The topological polar surface area (TPSA) is 67.8 Å². The first-order chi connectivity index (χ1) is 11.6. The molecule has 2 aromatic rings. The number of amides is 1. The Morgan fingerprint density at radius 3 is 2.29 bits per heavy atom. The second kappa shape index (κ2) is 8.64. The molecule has 1 N–H and O–H groups in total. The molecule has 0 fully saturated rings. The number of rotatable bonds is 5. The van der Waals surface area contributed by atoms with Crippen molar-refractivity contribution in [2.24, 2.45) is 5.10 Å². The third-order valence-electron chi connectivity index (χ3n) is 3.02. The zero-order valence-corrected chi connectivity index (χ0v) is 13.7. The molecule has 0 aliphatic carbocycles. The number of carbonyl (C=O) groups excluding carboxylic acids is 2. The van der Waals surface area contributed by atoms with Crippen LogP contribution in [-0.2, 0) is 9.53 Å². The van der Waals surface area contributed by atoms with Crippen molar-refractivity contribution in [1.29, 1.82) is 0 Å². The van der Waals surface area contributed by atoms with E-state index >= 15 is 0 Å². The van der Waals surface area contributed by atoms with Crippen molar-refractivity contribution in [3.05, 3.63) is 76.3 Å². The second-order valence-electron chi connectivity index (χ2n) is 4.73. The number of hydrogen-bond donors (Lipinski definition) is 1. The highest BCUT2D eigenvalue weighted by Gasteiger charge is 2.03. The number of hydrogen-bond acceptors (Lipinski definition) is 4. The minimum Gasteiger partial charge on any atom is -0.465 e. The zero-order valence-electron chi connectivity index (χ0n) is 12.9. The lowest BCUT2D eigenvalue weighted by Crippen LogP contribution is -2.14. The summed E-state index contributed by atoms with van der Waals surface area (Å²) in [6, 6.07) is 13.7. The van der Waals surface area contributed by atoms with Gasteiger partial charge in [-0.3, -0.25) is 4.79 Å². The molecule has 1 amide bonds. The number of hydrazone groups is 1. The van der Waals surface area contributed by atoms with Crippen LogP contribution in [-0.4, -0.2) is 25.2 Å². The van der Waals surface area contributed by atoms with Gasteiger partial charge in [-0.2, -0.15) is 5.10 Å². The first kappa shape index (κ1) is 17.4. The van der Waals surface area contributed by atoms with Crippen molar-refractivity contribution >= 4 is 35.8 Å². The molecule has 6 heteroatoms. The monoisotopic (exact) mass is 342 g/mol. The van der Waals surface area contributed by atoms with E-state index in [0.717, 1.165) is 11.1 Å². The molecule has 2 aromatic carbocycles. The van der Waals surface area contributed by atoms with Gasteiger partial charge in [0.05, 0.1) is 18.9 Å². The summed E-state index contributed by atoms with van der Waals surface area (Å²) in [4.78, 5) is 23.0. The van der Waals surface area contributed by atoms with Gasteiger partial charge in [0.1, 0.15) is 0 Å². The average Bonchev–Trinajstić information content (AvgIpc) is 2.61. The van der Waals surface area contributed by atoms with Crippen LogP contribution in [0.3, 0.4) is 0 Å². The Labute approximate surface area is 144 Å². The fraction of sp³-hybridized carbons (Fsp3) is 0.0556. The molecule has 0 saturated carbocycles. The fourth-order valence-corrected chi connectivity index (χ4v) is 1.90. The summed E-state index contributed by atoms with van der Waals surface area (Å²) >= 11 is 5.79. The van der Waals surface area contributed by atoms with E-state index in [1.54, 1.807) is 54.6 Å². The van der Waals surface area contributed by atoms with Crippen LogP contribution in [0.4, 0.5) is 0 Å². The minimum absolute atomic E-state index is 0.354. The van der Waals surface area contributed by atoms with E-state index < -0.39 is 5.97 Å². The van der Waals surface area contributed by atoms with Gasteiger partial charge in [0.15, 0.2) is 0 Å². The highest BCUT2D eigenvalue weighted by Crippen LogP contribution is 2.10. The third-order valence-corrected chi connectivity index (χ3v) is 3.27. The van der Waals surface area contributed by atoms with Crippen LogP contribution in [0, 0.1) is 0 Å². The average molecular weight is 343 g/mol. The van der Waals surface area contributed by atoms with Crippen LogP contribution in [0.2, 0.25) is 5.02 Å². The predicted octanol–water partition coefficient (Wildman–Crippen LogP) is 3.29. The van der Waals surface area contributed by atoms with Gasteiger partial charge in [-0.25, -0.2) is 10.2 Å². The molecule has 0 unspecified atom stereocenters. The highest BCUT2D eigenvalue weighted by atomic mass is 35.5. The normalized spacial score (nSPS) is 10.9. The minimum atomic E-state index is -0.404. The Morgan fingerprint density at radius 1 is 1.04 bits per heavy atom. The number of carbonyl (C=O) groups is 2. The van der Waals surface area contributed by atoms with E-state index in [1.807, 2.05) is 0 Å². The number of methoxy groups -OCH3 is 1. The van der Waals surface area contributed by atoms with Crippen LogP contribution in [0.1, 0.15) is 21.5 Å². The molecule has 0 radical (unpaired) electrons. The van der Waals surface area contributed by atoms with E-state index in [4.69, 9.17) is 11.6 Å². The van der Waals surface area contributed by atoms with Crippen molar-refractivity contribution < 1.29 is 14.3 Å². The van der Waals surface area contributed by atoms with Gasteiger partial charge in [-0.05, 0) is 41.5 Å². The molecule has 0 aliphatic rings. The van der Waals surface area contributed by atoms with E-state index in [2.05, 4.69) is 15.3 Å². The molecular weight excluding hydrogens is 328 g/mol. The molecule has 0 atom stereocenters. The van der Waals surface area contributed by atoms with Crippen molar-refractivity contribution in [3.8, 4) is 0 Å². The van der Waals surface area contributed by atoms with Crippen LogP contribution >= 0.6 is 11.6 Å². The molecule has 0 bridgehead atoms. The van der Waals surface area contributed by atoms with Gasteiger partial charge in [-0.1, -0.05) is 35.9 Å². The Kier molecular flexibility index (Phi) is 6.28. The summed E-state index contributed by atoms with van der Waals surface area (Å²) in [5, 5.41) is 4.49. The van der Waals surface area contributed by atoms with Gasteiger partial charge >= 0.3 is 5.97 Å². The highest BCUT2D eigenvalue weighted by molar-refractivity contribution is 6.30. The number of ether oxygens (including phenoxy) is 1. The van der Waals surface area contributed by atoms with Gasteiger partial charge in [0.2, 0.25) is 0 Å². The Hall–Kier alpha value is -2.92. The van der Waals surface area contributed by atoms with E-state index in [-0.39, 0.29) is 5.91 Å². The van der Waals surface area contributed by atoms with E-state index in [1.165, 1.54) is 19.4 Å². The number of nitrogens with zero attached hydrogens (tertiary/aromatic N) is 1. The molecule has 2 rings (SSSR count). The first-order valence-corrected chi connectivity index (χ1v) is 7.41. The molecule has 0 saturated heterocycles. The first-order valence-electron chi connectivity index (χ1n) is 7.03. The van der Waals surface area contributed by atoms with Gasteiger partial charge in [0, 0.05) is 11.1 Å². The number of nitrogens with one attached hydrogen (secondary N) is 1. The summed E-state index contributed by atoms with van der Waals surface area (Å²) in [5.74, 6) is -0.758. The van der Waals surface area contributed by atoms with Gasteiger partial charge in [-0.15, -0.1) is 0 Å². The summed E-state index contributed by atoms with van der Waals surface area (Å²) in [6.07, 6.45) is 4.52. The lowest BCUT2D eigenvalue weighted by Gasteiger charge is -1.99. The smallest absolute Gasteiger partial charge is 0.337 e. The molecule has 122 valence electrons. The number of halogens is 1. The summed E-state index contributed by atoms with van der Waals surface area (Å²) in [5.41, 5.74) is 4.43. The Bertz CT molecular complexity index is 766. The molecular formula is C18H15ClN2O3.